The average molecular weight is 1630 g/mol. The molecule has 16 aromatic rings. The number of carbonyl (C=O) groups excluding carboxylic acids is 4. The molecule has 0 radical (unpaired) electrons. The molecule has 1 atom stereocenters. The number of nitrogens with zero attached hydrogens (tertiary/aromatic N) is 8. The Morgan fingerprint density at radius 1 is 0.287 bits per heavy atom. The second-order valence-corrected chi connectivity index (χ2v) is 29.3. The summed E-state index contributed by atoms with van der Waals surface area (Å²) in [6.45, 7) is 10.7. The van der Waals surface area contributed by atoms with Gasteiger partial charge in [-0.15, -0.1) is 0 Å². The lowest BCUT2D eigenvalue weighted by Crippen LogP contribution is -2.24. The van der Waals surface area contributed by atoms with Crippen LogP contribution in [-0.2, 0) is 38.1 Å². The first-order valence-corrected chi connectivity index (χ1v) is 41.3. The van der Waals surface area contributed by atoms with Crippen LogP contribution in [0.25, 0.3) is 112 Å². The van der Waals surface area contributed by atoms with Gasteiger partial charge in [-0.05, 0) is 170 Å². The highest BCUT2D eigenvalue weighted by Gasteiger charge is 2.22. The first-order valence-electron chi connectivity index (χ1n) is 41.3. The molecule has 0 saturated carbocycles. The zero-order chi connectivity index (χ0) is 84.9. The van der Waals surface area contributed by atoms with Crippen molar-refractivity contribution in [3.63, 3.8) is 0 Å². The molecule has 12 aromatic carbocycles. The summed E-state index contributed by atoms with van der Waals surface area (Å²) in [4.78, 5) is 65.8. The van der Waals surface area contributed by atoms with E-state index < -0.39 is 12.1 Å². The van der Waals surface area contributed by atoms with E-state index in [2.05, 4.69) is 102 Å². The highest BCUT2D eigenvalue weighted by atomic mass is 16.6. The van der Waals surface area contributed by atoms with Crippen LogP contribution in [0.2, 0.25) is 0 Å². The highest BCUT2D eigenvalue weighted by Crippen LogP contribution is 2.37. The zero-order valence-electron chi connectivity index (χ0n) is 69.7. The smallest absolute Gasteiger partial charge is 0.346 e. The third-order valence-corrected chi connectivity index (χ3v) is 19.6. The van der Waals surface area contributed by atoms with Gasteiger partial charge in [-0.3, -0.25) is 32.7 Å². The number of methoxy groups -OCH3 is 2. The fourth-order valence-electron chi connectivity index (χ4n) is 13.9. The van der Waals surface area contributed by atoms with E-state index in [0.717, 1.165) is 162 Å². The fourth-order valence-corrected chi connectivity index (χ4v) is 13.9. The third kappa shape index (κ3) is 22.7. The third-order valence-electron chi connectivity index (χ3n) is 19.6. The van der Waals surface area contributed by atoms with Gasteiger partial charge in [-0.2, -0.15) is 0 Å². The second kappa shape index (κ2) is 42.8. The van der Waals surface area contributed by atoms with Crippen molar-refractivity contribution in [3.8, 4) is 91.3 Å². The summed E-state index contributed by atoms with van der Waals surface area (Å²) in [6, 6.07) is 105. The average Bonchev–Trinajstić information content (AvgIpc) is 1.64. The maximum atomic E-state index is 11.7. The Kier molecular flexibility index (Phi) is 30.0. The standard InChI is InChI=1S/C27H28N2O3.2C26H26N2O3.C23H20N2O3/c1-20(2)32-26(30)15-9-10-18-31-23-16-17-24-25(19-23)29(22-13-7-4-8-14-22)27(28-24)21-11-5-3-6-12-21;1-19(2)31-25(29)14-9-17-30-22-15-16-23-24(18-22)28(21-12-7-4-8-13-21)26(27-23)20-10-5-3-6-11-20;1-30-25(29)15-9-4-10-18-31-22-16-17-23-24(19-22)28(21-13-7-3-8-14-21)26(27-23)20-11-5-2-6-12-20;1-16(23(26)27-2)28-19-13-14-20-21(15-19)25(18-11-7-4-8-12-18)22(24-20)17-9-5-3-6-10-17/h3-8,11-14,16-17,19-20H,9-10,15,18H2,1-2H3;3-8,10-13,15-16,18-19H,9,14,17H2,1-2H3;2-3,5-8,11-14,16-17,19H,4,9-10,15,18H2,1H3;3-16H,1-2H3. The van der Waals surface area contributed by atoms with Crippen molar-refractivity contribution in [2.24, 2.45) is 0 Å². The molecule has 0 fully saturated rings. The minimum atomic E-state index is -0.691. The lowest BCUT2D eigenvalue weighted by Gasteiger charge is -2.13. The molecule has 0 aliphatic heterocycles. The van der Waals surface area contributed by atoms with Crippen LogP contribution >= 0.6 is 0 Å². The number of aromatic nitrogens is 8. The number of carbonyl (C=O) groups is 4. The minimum Gasteiger partial charge on any atom is -0.494 e. The van der Waals surface area contributed by atoms with Gasteiger partial charge in [0.15, 0.2) is 6.10 Å². The van der Waals surface area contributed by atoms with Crippen molar-refractivity contribution >= 4 is 68.0 Å². The number of para-hydroxylation sites is 4. The quantitative estimate of drug-likeness (QED) is 0.0224. The molecule has 1 unspecified atom stereocenters. The summed E-state index contributed by atoms with van der Waals surface area (Å²) in [7, 11) is 2.77. The summed E-state index contributed by atoms with van der Waals surface area (Å²) in [5.74, 6) is 5.56. The van der Waals surface area contributed by atoms with Crippen LogP contribution in [0, 0.1) is 0 Å². The van der Waals surface area contributed by atoms with Crippen molar-refractivity contribution in [2.75, 3.05) is 34.0 Å². The van der Waals surface area contributed by atoms with Gasteiger partial charge in [0.1, 0.15) is 46.3 Å². The van der Waals surface area contributed by atoms with Crippen molar-refractivity contribution in [2.45, 2.75) is 111 Å². The van der Waals surface area contributed by atoms with Crippen LogP contribution in [0.3, 0.4) is 0 Å². The summed E-state index contributed by atoms with van der Waals surface area (Å²) in [5, 5.41) is 0. The molecule has 0 spiro atoms. The lowest BCUT2D eigenvalue weighted by molar-refractivity contribution is -0.148. The summed E-state index contributed by atoms with van der Waals surface area (Å²) < 4.78 is 52.0. The molecule has 0 saturated heterocycles. The Hall–Kier alpha value is -14.4. The summed E-state index contributed by atoms with van der Waals surface area (Å²) >= 11 is 0. The van der Waals surface area contributed by atoms with E-state index in [4.69, 9.17) is 53.1 Å². The number of ether oxygens (including phenoxy) is 8. The first-order chi connectivity index (χ1) is 59.7. The molecular formula is C102H100N8O12. The van der Waals surface area contributed by atoms with E-state index in [0.29, 0.717) is 51.3 Å². The van der Waals surface area contributed by atoms with E-state index >= 15 is 0 Å². The molecule has 4 aromatic heterocycles. The highest BCUT2D eigenvalue weighted by molar-refractivity contribution is 5.89. The van der Waals surface area contributed by atoms with E-state index in [1.165, 1.54) is 14.2 Å². The maximum absolute atomic E-state index is 11.7. The molecule has 4 heterocycles. The van der Waals surface area contributed by atoms with Crippen molar-refractivity contribution in [3.05, 3.63) is 315 Å². The Bertz CT molecular complexity index is 6050. The number of imidazole rings is 4. The van der Waals surface area contributed by atoms with Gasteiger partial charge in [0.25, 0.3) is 0 Å². The largest absolute Gasteiger partial charge is 0.494 e. The predicted molar refractivity (Wildman–Crippen MR) is 481 cm³/mol. The van der Waals surface area contributed by atoms with Gasteiger partial charge in [0.2, 0.25) is 0 Å². The van der Waals surface area contributed by atoms with Gasteiger partial charge in [0.05, 0.1) is 90.4 Å². The first kappa shape index (κ1) is 85.5. The molecule has 0 N–H and O–H groups in total. The van der Waals surface area contributed by atoms with Crippen LogP contribution in [0.1, 0.15) is 92.4 Å². The van der Waals surface area contributed by atoms with Crippen LogP contribution < -0.4 is 18.9 Å². The van der Waals surface area contributed by atoms with Crippen molar-refractivity contribution in [1.29, 1.82) is 0 Å². The van der Waals surface area contributed by atoms with Crippen molar-refractivity contribution in [1.82, 2.24) is 38.2 Å². The number of hydrogen-bond acceptors (Lipinski definition) is 16. The molecular weight excluding hydrogens is 1530 g/mol. The Morgan fingerprint density at radius 3 is 0.852 bits per heavy atom. The second-order valence-electron chi connectivity index (χ2n) is 29.3. The Morgan fingerprint density at radius 2 is 0.549 bits per heavy atom. The molecule has 0 aliphatic rings. The molecule has 0 aliphatic carbocycles. The molecule has 16 rings (SSSR count). The number of unbranched alkanes of at least 4 members (excludes halogenated alkanes) is 3. The van der Waals surface area contributed by atoms with Crippen molar-refractivity contribution < 1.29 is 57.1 Å². The van der Waals surface area contributed by atoms with Crippen LogP contribution in [0.5, 0.6) is 23.0 Å². The Balaban J connectivity index is 0.000000140. The molecule has 620 valence electrons. The van der Waals surface area contributed by atoms with E-state index in [-0.39, 0.29) is 30.1 Å². The molecule has 0 bridgehead atoms. The minimum absolute atomic E-state index is 0.0688. The van der Waals surface area contributed by atoms with E-state index in [1.807, 2.05) is 264 Å². The summed E-state index contributed by atoms with van der Waals surface area (Å²) in [5.41, 5.74) is 15.8. The normalized spacial score (nSPS) is 11.2. The monoisotopic (exact) mass is 1630 g/mol. The topological polar surface area (TPSA) is 213 Å². The Labute approximate surface area is 710 Å². The van der Waals surface area contributed by atoms with E-state index in [9.17, 15) is 19.2 Å². The lowest BCUT2D eigenvalue weighted by atomic mass is 10.2. The molecule has 20 nitrogen and oxygen atoms in total. The van der Waals surface area contributed by atoms with Crippen LogP contribution in [0.15, 0.2) is 315 Å². The SMILES string of the molecule is CC(C)OC(=O)CCCCOc1ccc2nc(-c3ccccc3)n(-c3ccccc3)c2c1.CC(C)OC(=O)CCCOc1ccc2nc(-c3ccccc3)n(-c3ccccc3)c2c1.COC(=O)C(C)Oc1ccc2nc(-c3ccccc3)n(-c3ccccc3)c2c1.COC(=O)CCCCCOc1ccc2nc(-c3ccccc3)n(-c3ccccc3)c2c1. The number of hydrogen-bond donors (Lipinski definition) is 0. The molecule has 20 heteroatoms. The van der Waals surface area contributed by atoms with Crippen LogP contribution in [0.4, 0.5) is 0 Å². The number of fused-ring (bicyclic) bond motifs is 4. The fraction of sp³-hybridized carbons (Fsp3) is 0.216. The van der Waals surface area contributed by atoms with Crippen LogP contribution in [-0.4, -0.2) is 114 Å². The number of esters is 4. The molecule has 0 amide bonds. The maximum Gasteiger partial charge on any atom is 0.346 e. The number of benzene rings is 12. The zero-order valence-corrected chi connectivity index (χ0v) is 69.7. The molecule has 122 heavy (non-hydrogen) atoms. The van der Waals surface area contributed by atoms with Gasteiger partial charge >= 0.3 is 23.9 Å². The summed E-state index contributed by atoms with van der Waals surface area (Å²) in [6.07, 6.45) is 5.15. The van der Waals surface area contributed by atoms with Gasteiger partial charge in [0, 0.05) is 88.5 Å². The van der Waals surface area contributed by atoms with Gasteiger partial charge < -0.3 is 37.9 Å². The van der Waals surface area contributed by atoms with Gasteiger partial charge in [-0.25, -0.2) is 24.7 Å². The van der Waals surface area contributed by atoms with Gasteiger partial charge in [-0.1, -0.05) is 194 Å². The number of rotatable bonds is 31. The predicted octanol–water partition coefficient (Wildman–Crippen LogP) is 22.4. The van der Waals surface area contributed by atoms with E-state index in [1.54, 1.807) is 6.92 Å².